The van der Waals surface area contributed by atoms with E-state index < -0.39 is 0 Å². The minimum atomic E-state index is -0.211. The average molecular weight is 304 g/mol. The van der Waals surface area contributed by atoms with E-state index in [-0.39, 0.29) is 17.8 Å². The molecule has 1 saturated heterocycles. The summed E-state index contributed by atoms with van der Waals surface area (Å²) in [4.78, 5) is 17.0. The van der Waals surface area contributed by atoms with Crippen molar-refractivity contribution in [1.82, 2.24) is 9.80 Å². The van der Waals surface area contributed by atoms with E-state index >= 15 is 0 Å². The molecule has 22 heavy (non-hydrogen) atoms. The van der Waals surface area contributed by atoms with Gasteiger partial charge in [0.05, 0.1) is 6.04 Å². The molecule has 0 N–H and O–H groups in total. The van der Waals surface area contributed by atoms with Gasteiger partial charge in [0.2, 0.25) is 5.91 Å². The van der Waals surface area contributed by atoms with E-state index in [4.69, 9.17) is 0 Å². The molecule has 1 amide bonds. The lowest BCUT2D eigenvalue weighted by Crippen LogP contribution is -2.50. The number of piperazine rings is 1. The highest BCUT2D eigenvalue weighted by Crippen LogP contribution is 2.29. The number of hydrogen-bond acceptors (Lipinski definition) is 2. The smallest absolute Gasteiger partial charge is 0.225 e. The quantitative estimate of drug-likeness (QED) is 0.837. The first-order valence-electron chi connectivity index (χ1n) is 8.39. The molecule has 3 rings (SSSR count). The molecule has 1 atom stereocenters. The van der Waals surface area contributed by atoms with Crippen LogP contribution in [0.25, 0.3) is 0 Å². The van der Waals surface area contributed by atoms with Crippen LogP contribution >= 0.6 is 0 Å². The molecule has 1 unspecified atom stereocenters. The zero-order chi connectivity index (χ0) is 15.5. The molecular formula is C18H25FN2O. The molecule has 4 heteroatoms. The van der Waals surface area contributed by atoms with Crippen LogP contribution in [0.1, 0.15) is 43.7 Å². The second-order valence-corrected chi connectivity index (χ2v) is 6.67. The molecular weight excluding hydrogens is 279 g/mol. The van der Waals surface area contributed by atoms with Crippen molar-refractivity contribution in [2.24, 2.45) is 5.92 Å². The molecule has 3 nitrogen and oxygen atoms in total. The molecule has 0 bridgehead atoms. The number of amides is 1. The third kappa shape index (κ3) is 3.32. The van der Waals surface area contributed by atoms with Crippen molar-refractivity contribution < 1.29 is 9.18 Å². The highest BCUT2D eigenvalue weighted by atomic mass is 19.1. The number of carbonyl (C=O) groups excluding carboxylic acids is 1. The fourth-order valence-electron chi connectivity index (χ4n) is 3.73. The number of likely N-dealkylation sites (N-methyl/N-ethyl adjacent to an activating group) is 1. The summed E-state index contributed by atoms with van der Waals surface area (Å²) in [6.45, 7) is 2.40. The summed E-state index contributed by atoms with van der Waals surface area (Å²) in [5.41, 5.74) is 1.09. The minimum Gasteiger partial charge on any atom is -0.339 e. The van der Waals surface area contributed by atoms with E-state index in [0.717, 1.165) is 38.0 Å². The number of halogens is 1. The Bertz CT molecular complexity index is 510. The maximum absolute atomic E-state index is 13.1. The molecule has 0 spiro atoms. The van der Waals surface area contributed by atoms with Crippen molar-refractivity contribution in [3.8, 4) is 0 Å². The standard InChI is InChI=1S/C18H25FN2O/c1-20-11-12-21(18(22)15-5-3-2-4-6-15)13-17(20)14-7-9-16(19)10-8-14/h7-10,15,17H,2-6,11-13H2,1H3. The molecule has 1 aromatic rings. The topological polar surface area (TPSA) is 23.6 Å². The molecule has 1 aliphatic carbocycles. The van der Waals surface area contributed by atoms with E-state index in [1.165, 1.54) is 31.4 Å². The van der Waals surface area contributed by atoms with Crippen LogP contribution in [0.2, 0.25) is 0 Å². The van der Waals surface area contributed by atoms with Crippen molar-refractivity contribution in [1.29, 1.82) is 0 Å². The average Bonchev–Trinajstić information content (AvgIpc) is 2.56. The Morgan fingerprint density at radius 1 is 1.09 bits per heavy atom. The van der Waals surface area contributed by atoms with Gasteiger partial charge in [-0.25, -0.2) is 4.39 Å². The summed E-state index contributed by atoms with van der Waals surface area (Å²) in [6.07, 6.45) is 5.74. The maximum Gasteiger partial charge on any atom is 0.225 e. The Morgan fingerprint density at radius 2 is 1.77 bits per heavy atom. The van der Waals surface area contributed by atoms with Crippen LogP contribution in [-0.4, -0.2) is 42.4 Å². The largest absolute Gasteiger partial charge is 0.339 e. The molecule has 1 aliphatic heterocycles. The first-order valence-corrected chi connectivity index (χ1v) is 8.39. The van der Waals surface area contributed by atoms with Gasteiger partial charge >= 0.3 is 0 Å². The fourth-order valence-corrected chi connectivity index (χ4v) is 3.73. The van der Waals surface area contributed by atoms with Crippen molar-refractivity contribution in [3.05, 3.63) is 35.6 Å². The van der Waals surface area contributed by atoms with Gasteiger partial charge < -0.3 is 4.90 Å². The highest BCUT2D eigenvalue weighted by Gasteiger charge is 2.32. The molecule has 1 saturated carbocycles. The van der Waals surface area contributed by atoms with Gasteiger partial charge in [-0.1, -0.05) is 31.4 Å². The van der Waals surface area contributed by atoms with Gasteiger partial charge in [-0.15, -0.1) is 0 Å². The Labute approximate surface area is 132 Å². The van der Waals surface area contributed by atoms with Gasteiger partial charge in [0, 0.05) is 25.6 Å². The van der Waals surface area contributed by atoms with Crippen LogP contribution in [0.3, 0.4) is 0 Å². The van der Waals surface area contributed by atoms with E-state index in [9.17, 15) is 9.18 Å². The van der Waals surface area contributed by atoms with Crippen LogP contribution in [-0.2, 0) is 4.79 Å². The summed E-state index contributed by atoms with van der Waals surface area (Å²) in [6, 6.07) is 6.86. The summed E-state index contributed by atoms with van der Waals surface area (Å²) >= 11 is 0. The van der Waals surface area contributed by atoms with Gasteiger partial charge in [0.25, 0.3) is 0 Å². The second-order valence-electron chi connectivity index (χ2n) is 6.67. The second kappa shape index (κ2) is 6.78. The molecule has 1 aromatic carbocycles. The van der Waals surface area contributed by atoms with Crippen LogP contribution in [0.5, 0.6) is 0 Å². The fraction of sp³-hybridized carbons (Fsp3) is 0.611. The third-order valence-corrected chi connectivity index (χ3v) is 5.17. The van der Waals surface area contributed by atoms with Crippen molar-refractivity contribution in [2.45, 2.75) is 38.1 Å². The van der Waals surface area contributed by atoms with Crippen LogP contribution < -0.4 is 0 Å². The van der Waals surface area contributed by atoms with Crippen molar-refractivity contribution in [3.63, 3.8) is 0 Å². The Morgan fingerprint density at radius 3 is 2.45 bits per heavy atom. The summed E-state index contributed by atoms with van der Waals surface area (Å²) in [5, 5.41) is 0. The number of rotatable bonds is 2. The van der Waals surface area contributed by atoms with Gasteiger partial charge in [-0.3, -0.25) is 9.69 Å². The van der Waals surface area contributed by atoms with E-state index in [1.807, 2.05) is 17.0 Å². The van der Waals surface area contributed by atoms with Gasteiger partial charge in [0.1, 0.15) is 5.82 Å². The first kappa shape index (κ1) is 15.5. The van der Waals surface area contributed by atoms with Gasteiger partial charge in [-0.2, -0.15) is 0 Å². The summed E-state index contributed by atoms with van der Waals surface area (Å²) < 4.78 is 13.1. The molecule has 1 heterocycles. The number of nitrogens with zero attached hydrogens (tertiary/aromatic N) is 2. The minimum absolute atomic E-state index is 0.168. The lowest BCUT2D eigenvalue weighted by Gasteiger charge is -2.41. The molecule has 0 aromatic heterocycles. The predicted molar refractivity (Wildman–Crippen MR) is 84.9 cm³/mol. The van der Waals surface area contributed by atoms with Crippen molar-refractivity contribution >= 4 is 5.91 Å². The number of hydrogen-bond donors (Lipinski definition) is 0. The summed E-state index contributed by atoms with van der Waals surface area (Å²) in [5.74, 6) is 0.350. The molecule has 120 valence electrons. The van der Waals surface area contributed by atoms with E-state index in [1.54, 1.807) is 0 Å². The third-order valence-electron chi connectivity index (χ3n) is 5.17. The van der Waals surface area contributed by atoms with Crippen LogP contribution in [0, 0.1) is 11.7 Å². The monoisotopic (exact) mass is 304 g/mol. The predicted octanol–water partition coefficient (Wildman–Crippen LogP) is 3.22. The Hall–Kier alpha value is -1.42. The molecule has 2 fully saturated rings. The number of carbonyl (C=O) groups is 1. The maximum atomic E-state index is 13.1. The lowest BCUT2D eigenvalue weighted by atomic mass is 9.88. The highest BCUT2D eigenvalue weighted by molar-refractivity contribution is 5.79. The first-order chi connectivity index (χ1) is 10.6. The normalized spacial score (nSPS) is 24.5. The SMILES string of the molecule is CN1CCN(C(=O)C2CCCCC2)CC1c1ccc(F)cc1. The Kier molecular flexibility index (Phi) is 4.77. The molecule has 2 aliphatic rings. The molecule has 0 radical (unpaired) electrons. The lowest BCUT2D eigenvalue weighted by molar-refractivity contribution is -0.139. The van der Waals surface area contributed by atoms with Crippen molar-refractivity contribution in [2.75, 3.05) is 26.7 Å². The van der Waals surface area contributed by atoms with Gasteiger partial charge in [-0.05, 0) is 37.6 Å². The van der Waals surface area contributed by atoms with Gasteiger partial charge in [0.15, 0.2) is 0 Å². The van der Waals surface area contributed by atoms with E-state index in [2.05, 4.69) is 11.9 Å². The number of benzene rings is 1. The van der Waals surface area contributed by atoms with Crippen LogP contribution in [0.4, 0.5) is 4.39 Å². The zero-order valence-corrected chi connectivity index (χ0v) is 13.3. The Balaban J connectivity index is 1.70. The van der Waals surface area contributed by atoms with Crippen LogP contribution in [0.15, 0.2) is 24.3 Å². The zero-order valence-electron chi connectivity index (χ0n) is 13.3. The van der Waals surface area contributed by atoms with E-state index in [0.29, 0.717) is 5.91 Å². The summed E-state index contributed by atoms with van der Waals surface area (Å²) in [7, 11) is 2.08.